The molecule has 1 heterocycles. The highest BCUT2D eigenvalue weighted by atomic mass is 32.1. The lowest BCUT2D eigenvalue weighted by Gasteiger charge is -2.27. The van der Waals surface area contributed by atoms with E-state index in [-0.39, 0.29) is 5.84 Å². The molecule has 0 unspecified atom stereocenters. The second-order valence-corrected chi connectivity index (χ2v) is 6.27. The van der Waals surface area contributed by atoms with E-state index in [9.17, 15) is 0 Å². The molecule has 0 radical (unpaired) electrons. The second kappa shape index (κ2) is 5.77. The summed E-state index contributed by atoms with van der Waals surface area (Å²) in [6.07, 6.45) is 2.39. The fraction of sp³-hybridized carbons (Fsp3) is 0.312. The van der Waals surface area contributed by atoms with Crippen LogP contribution in [0.4, 0.5) is 5.69 Å². The molecule has 1 aromatic heterocycles. The van der Waals surface area contributed by atoms with Gasteiger partial charge in [0.05, 0.1) is 19.3 Å². The van der Waals surface area contributed by atoms with Crippen molar-refractivity contribution in [3.05, 3.63) is 46.2 Å². The molecule has 0 amide bonds. The lowest BCUT2D eigenvalue weighted by Crippen LogP contribution is -2.27. The molecule has 5 heteroatoms. The van der Waals surface area contributed by atoms with Gasteiger partial charge in [-0.3, -0.25) is 5.41 Å². The largest absolute Gasteiger partial charge is 0.497 e. The van der Waals surface area contributed by atoms with E-state index in [2.05, 4.69) is 22.4 Å². The summed E-state index contributed by atoms with van der Waals surface area (Å²) in [4.78, 5) is 3.67. The van der Waals surface area contributed by atoms with Gasteiger partial charge in [0.2, 0.25) is 0 Å². The van der Waals surface area contributed by atoms with Gasteiger partial charge in [0, 0.05) is 22.5 Å². The highest BCUT2D eigenvalue weighted by molar-refractivity contribution is 7.09. The molecule has 2 aromatic rings. The van der Waals surface area contributed by atoms with Gasteiger partial charge in [-0.05, 0) is 36.4 Å². The third kappa shape index (κ3) is 3.03. The van der Waals surface area contributed by atoms with Crippen LogP contribution in [0.5, 0.6) is 5.75 Å². The highest BCUT2D eigenvalue weighted by Crippen LogP contribution is 2.37. The van der Waals surface area contributed by atoms with Crippen LogP contribution < -0.4 is 15.4 Å². The van der Waals surface area contributed by atoms with E-state index in [1.807, 2.05) is 18.2 Å². The number of hydrogen-bond donors (Lipinski definition) is 2. The lowest BCUT2D eigenvalue weighted by molar-refractivity contribution is 0.414. The van der Waals surface area contributed by atoms with E-state index < -0.39 is 0 Å². The monoisotopic (exact) mass is 301 g/mol. The van der Waals surface area contributed by atoms with Crippen molar-refractivity contribution in [2.45, 2.75) is 25.4 Å². The maximum absolute atomic E-state index is 7.82. The number of nitrogens with two attached hydrogens (primary N) is 1. The van der Waals surface area contributed by atoms with Crippen LogP contribution in [-0.4, -0.2) is 19.0 Å². The van der Waals surface area contributed by atoms with Crippen molar-refractivity contribution in [2.75, 3.05) is 12.0 Å². The van der Waals surface area contributed by atoms with Crippen molar-refractivity contribution in [1.29, 1.82) is 5.41 Å². The third-order valence-electron chi connectivity index (χ3n) is 3.70. The summed E-state index contributed by atoms with van der Waals surface area (Å²) >= 11 is 1.76. The molecule has 0 atom stereocenters. The minimum atomic E-state index is 0.101. The summed E-state index contributed by atoms with van der Waals surface area (Å²) in [6.45, 7) is 0.857. The first-order chi connectivity index (χ1) is 10.2. The maximum Gasteiger partial charge on any atom is 0.124 e. The number of nitrogens with zero attached hydrogens (tertiary/aromatic N) is 1. The number of thiophene rings is 1. The normalized spacial score (nSPS) is 14.0. The summed E-state index contributed by atoms with van der Waals surface area (Å²) in [5.74, 6) is 0.899. The molecule has 1 aromatic carbocycles. The second-order valence-electron chi connectivity index (χ2n) is 5.24. The number of anilines is 1. The van der Waals surface area contributed by atoms with Crippen LogP contribution in [0.25, 0.3) is 0 Å². The highest BCUT2D eigenvalue weighted by Gasteiger charge is 2.31. The quantitative estimate of drug-likeness (QED) is 0.636. The van der Waals surface area contributed by atoms with Gasteiger partial charge in [-0.2, -0.15) is 0 Å². The predicted octanol–water partition coefficient (Wildman–Crippen LogP) is 3.21. The molecule has 0 aliphatic heterocycles. The molecule has 4 nitrogen and oxygen atoms in total. The summed E-state index contributed by atoms with van der Waals surface area (Å²) in [5.41, 5.74) is 7.53. The lowest BCUT2D eigenvalue weighted by atomic mass is 10.1. The number of benzene rings is 1. The molecule has 110 valence electrons. The fourth-order valence-electron chi connectivity index (χ4n) is 2.47. The van der Waals surface area contributed by atoms with Crippen molar-refractivity contribution < 1.29 is 4.74 Å². The van der Waals surface area contributed by atoms with Crippen molar-refractivity contribution in [3.63, 3.8) is 0 Å². The Kier molecular flexibility index (Phi) is 3.84. The van der Waals surface area contributed by atoms with Crippen molar-refractivity contribution in [1.82, 2.24) is 0 Å². The number of hydrogen-bond acceptors (Lipinski definition) is 4. The number of nitrogens with one attached hydrogen (secondary N) is 1. The summed E-state index contributed by atoms with van der Waals surface area (Å²) in [6, 6.07) is 10.5. The van der Waals surface area contributed by atoms with E-state index >= 15 is 0 Å². The van der Waals surface area contributed by atoms with E-state index in [0.29, 0.717) is 6.04 Å². The number of nitrogen functional groups attached to an aromatic ring is 1. The van der Waals surface area contributed by atoms with Gasteiger partial charge in [-0.15, -0.1) is 11.3 Å². The third-order valence-corrected chi connectivity index (χ3v) is 4.56. The average Bonchev–Trinajstić information content (AvgIpc) is 3.20. The Morgan fingerprint density at radius 2 is 2.24 bits per heavy atom. The van der Waals surface area contributed by atoms with Crippen LogP contribution in [0.2, 0.25) is 0 Å². The topological polar surface area (TPSA) is 62.3 Å². The van der Waals surface area contributed by atoms with Gasteiger partial charge < -0.3 is 15.4 Å². The van der Waals surface area contributed by atoms with Crippen LogP contribution in [-0.2, 0) is 6.54 Å². The van der Waals surface area contributed by atoms with Crippen molar-refractivity contribution in [2.24, 2.45) is 5.73 Å². The standard InChI is InChI=1S/C16H19N3OS/c1-20-12-6-7-14(16(17)18)15(9-12)19(11-4-5-11)10-13-3-2-8-21-13/h2-3,6-9,11H,4-5,10H2,1H3,(H3,17,18). The zero-order valence-electron chi connectivity index (χ0n) is 12.0. The molecular formula is C16H19N3OS. The smallest absolute Gasteiger partial charge is 0.124 e. The van der Waals surface area contributed by atoms with E-state index in [1.165, 1.54) is 17.7 Å². The molecule has 1 saturated carbocycles. The molecule has 1 aliphatic carbocycles. The number of amidine groups is 1. The predicted molar refractivity (Wildman–Crippen MR) is 87.5 cm³/mol. The molecule has 0 saturated heterocycles. The van der Waals surface area contributed by atoms with Gasteiger partial charge in [0.15, 0.2) is 0 Å². The molecule has 0 bridgehead atoms. The minimum Gasteiger partial charge on any atom is -0.497 e. The van der Waals surface area contributed by atoms with Crippen LogP contribution in [0, 0.1) is 5.41 Å². The fourth-order valence-corrected chi connectivity index (χ4v) is 3.17. The SMILES string of the molecule is COc1ccc(C(=N)N)c(N(Cc2cccs2)C2CC2)c1. The first-order valence-electron chi connectivity index (χ1n) is 7.00. The number of ether oxygens (including phenoxy) is 1. The molecule has 21 heavy (non-hydrogen) atoms. The van der Waals surface area contributed by atoms with Crippen LogP contribution in [0.3, 0.4) is 0 Å². The van der Waals surface area contributed by atoms with Gasteiger partial charge in [-0.1, -0.05) is 6.07 Å². The Hall–Kier alpha value is -2.01. The van der Waals surface area contributed by atoms with Crippen LogP contribution in [0.1, 0.15) is 23.3 Å². The number of rotatable bonds is 6. The summed E-state index contributed by atoms with van der Waals surface area (Å²) in [7, 11) is 1.66. The zero-order chi connectivity index (χ0) is 14.8. The molecule has 3 N–H and O–H groups in total. The van der Waals surface area contributed by atoms with E-state index in [4.69, 9.17) is 15.9 Å². The van der Waals surface area contributed by atoms with Gasteiger partial charge in [0.1, 0.15) is 11.6 Å². The first kappa shape index (κ1) is 13.9. The Morgan fingerprint density at radius 3 is 2.81 bits per heavy atom. The molecule has 1 fully saturated rings. The molecule has 1 aliphatic rings. The maximum atomic E-state index is 7.82. The van der Waals surface area contributed by atoms with Crippen molar-refractivity contribution in [3.8, 4) is 5.75 Å². The van der Waals surface area contributed by atoms with Crippen LogP contribution in [0.15, 0.2) is 35.7 Å². The summed E-state index contributed by atoms with van der Waals surface area (Å²) < 4.78 is 5.34. The Balaban J connectivity index is 1.99. The minimum absolute atomic E-state index is 0.101. The Labute approximate surface area is 128 Å². The Morgan fingerprint density at radius 1 is 1.43 bits per heavy atom. The van der Waals surface area contributed by atoms with Crippen LogP contribution >= 0.6 is 11.3 Å². The van der Waals surface area contributed by atoms with Gasteiger partial charge >= 0.3 is 0 Å². The molecule has 3 rings (SSSR count). The summed E-state index contributed by atoms with van der Waals surface area (Å²) in [5, 5.41) is 9.92. The van der Waals surface area contributed by atoms with Gasteiger partial charge in [0.25, 0.3) is 0 Å². The zero-order valence-corrected chi connectivity index (χ0v) is 12.8. The van der Waals surface area contributed by atoms with Crippen molar-refractivity contribution >= 4 is 22.9 Å². The van der Waals surface area contributed by atoms with E-state index in [1.54, 1.807) is 18.4 Å². The average molecular weight is 301 g/mol. The molecule has 0 spiro atoms. The first-order valence-corrected chi connectivity index (χ1v) is 7.88. The van der Waals surface area contributed by atoms with E-state index in [0.717, 1.165) is 23.5 Å². The Bertz CT molecular complexity index is 635. The number of methoxy groups -OCH3 is 1. The van der Waals surface area contributed by atoms with Gasteiger partial charge in [-0.25, -0.2) is 0 Å². The molecular weight excluding hydrogens is 282 g/mol.